The third kappa shape index (κ3) is 2.85. The van der Waals surface area contributed by atoms with Crippen molar-refractivity contribution in [1.29, 1.82) is 0 Å². The molecule has 92 valence electrons. The number of piperidine rings is 1. The van der Waals surface area contributed by atoms with Gasteiger partial charge in [0, 0.05) is 31.5 Å². The minimum absolute atomic E-state index is 0.349. The summed E-state index contributed by atoms with van der Waals surface area (Å²) in [5.41, 5.74) is 0. The standard InChI is InChI=1S/C14H25NO/c1-11-7-8-12(2)15(9-11)10-13-5-3-4-6-14(13)16/h11-13H,3-10H2,1-2H3. The Kier molecular flexibility index (Phi) is 4.01. The van der Waals surface area contributed by atoms with E-state index in [1.165, 1.54) is 25.8 Å². The summed E-state index contributed by atoms with van der Waals surface area (Å²) in [5.74, 6) is 1.69. The van der Waals surface area contributed by atoms with Gasteiger partial charge in [0.05, 0.1) is 0 Å². The second-order valence-corrected chi connectivity index (χ2v) is 5.89. The molecule has 0 spiro atoms. The van der Waals surface area contributed by atoms with Crippen molar-refractivity contribution in [3.05, 3.63) is 0 Å². The summed E-state index contributed by atoms with van der Waals surface area (Å²) in [4.78, 5) is 14.4. The largest absolute Gasteiger partial charge is 0.300 e. The van der Waals surface area contributed by atoms with Crippen molar-refractivity contribution < 1.29 is 4.79 Å². The van der Waals surface area contributed by atoms with Gasteiger partial charge in [0.15, 0.2) is 0 Å². The molecule has 16 heavy (non-hydrogen) atoms. The van der Waals surface area contributed by atoms with E-state index in [0.29, 0.717) is 17.7 Å². The van der Waals surface area contributed by atoms with Crippen molar-refractivity contribution in [2.75, 3.05) is 13.1 Å². The highest BCUT2D eigenvalue weighted by atomic mass is 16.1. The van der Waals surface area contributed by atoms with E-state index in [1.54, 1.807) is 0 Å². The molecule has 0 bridgehead atoms. The number of carbonyl (C=O) groups excluding carboxylic acids is 1. The van der Waals surface area contributed by atoms with Crippen LogP contribution in [0.4, 0.5) is 0 Å². The van der Waals surface area contributed by atoms with Gasteiger partial charge in [-0.1, -0.05) is 13.3 Å². The van der Waals surface area contributed by atoms with Crippen molar-refractivity contribution in [3.8, 4) is 0 Å². The van der Waals surface area contributed by atoms with Gasteiger partial charge < -0.3 is 0 Å². The summed E-state index contributed by atoms with van der Waals surface area (Å²) < 4.78 is 0. The highest BCUT2D eigenvalue weighted by Crippen LogP contribution is 2.26. The van der Waals surface area contributed by atoms with E-state index in [0.717, 1.165) is 31.7 Å². The maximum Gasteiger partial charge on any atom is 0.137 e. The summed E-state index contributed by atoms with van der Waals surface area (Å²) in [6, 6.07) is 0.686. The van der Waals surface area contributed by atoms with Gasteiger partial charge in [-0.05, 0) is 38.5 Å². The van der Waals surface area contributed by atoms with E-state index in [9.17, 15) is 4.79 Å². The van der Waals surface area contributed by atoms with E-state index < -0.39 is 0 Å². The molecule has 1 saturated carbocycles. The molecule has 0 aromatic heterocycles. The van der Waals surface area contributed by atoms with Crippen LogP contribution in [-0.2, 0) is 4.79 Å². The highest BCUT2D eigenvalue weighted by molar-refractivity contribution is 5.81. The topological polar surface area (TPSA) is 20.3 Å². The van der Waals surface area contributed by atoms with Crippen LogP contribution in [0.2, 0.25) is 0 Å². The van der Waals surface area contributed by atoms with Crippen molar-refractivity contribution in [2.45, 2.75) is 58.4 Å². The molecule has 0 N–H and O–H groups in total. The van der Waals surface area contributed by atoms with Crippen LogP contribution in [0.5, 0.6) is 0 Å². The van der Waals surface area contributed by atoms with Crippen LogP contribution in [0.1, 0.15) is 52.4 Å². The van der Waals surface area contributed by atoms with Crippen LogP contribution >= 0.6 is 0 Å². The van der Waals surface area contributed by atoms with Crippen LogP contribution in [0.3, 0.4) is 0 Å². The van der Waals surface area contributed by atoms with Gasteiger partial charge in [-0.3, -0.25) is 9.69 Å². The number of ketones is 1. The van der Waals surface area contributed by atoms with Crippen LogP contribution in [-0.4, -0.2) is 29.8 Å². The Morgan fingerprint density at radius 3 is 2.75 bits per heavy atom. The van der Waals surface area contributed by atoms with Gasteiger partial charge in [0.25, 0.3) is 0 Å². The zero-order chi connectivity index (χ0) is 11.5. The molecule has 3 unspecified atom stereocenters. The first-order valence-electron chi connectivity index (χ1n) is 6.93. The number of hydrogen-bond donors (Lipinski definition) is 0. The van der Waals surface area contributed by atoms with Crippen LogP contribution in [0.25, 0.3) is 0 Å². The van der Waals surface area contributed by atoms with Crippen LogP contribution in [0.15, 0.2) is 0 Å². The SMILES string of the molecule is CC1CCC(C)N(CC2CCCCC2=O)C1. The molecule has 3 atom stereocenters. The third-order valence-corrected chi connectivity index (χ3v) is 4.38. The fraction of sp³-hybridized carbons (Fsp3) is 0.929. The molecule has 0 aromatic rings. The smallest absolute Gasteiger partial charge is 0.137 e. The molecule has 1 heterocycles. The lowest BCUT2D eigenvalue weighted by Gasteiger charge is -2.39. The first-order chi connectivity index (χ1) is 7.66. The molecule has 0 aromatic carbocycles. The van der Waals surface area contributed by atoms with E-state index in [4.69, 9.17) is 0 Å². The summed E-state index contributed by atoms with van der Waals surface area (Å²) in [5, 5.41) is 0. The summed E-state index contributed by atoms with van der Waals surface area (Å²) >= 11 is 0. The molecule has 2 rings (SSSR count). The Bertz CT molecular complexity index is 251. The van der Waals surface area contributed by atoms with Gasteiger partial charge >= 0.3 is 0 Å². The summed E-state index contributed by atoms with van der Waals surface area (Å²) in [6.07, 6.45) is 7.02. The van der Waals surface area contributed by atoms with Gasteiger partial charge in [-0.2, -0.15) is 0 Å². The summed E-state index contributed by atoms with van der Waals surface area (Å²) in [6.45, 7) is 6.88. The minimum atomic E-state index is 0.349. The number of likely N-dealkylation sites (tertiary alicyclic amines) is 1. The lowest BCUT2D eigenvalue weighted by Crippen LogP contribution is -2.45. The molecular formula is C14H25NO. The molecule has 2 aliphatic rings. The molecule has 0 amide bonds. The predicted octanol–water partition coefficient (Wildman–Crippen LogP) is 2.87. The maximum absolute atomic E-state index is 11.8. The Balaban J connectivity index is 1.89. The van der Waals surface area contributed by atoms with E-state index in [2.05, 4.69) is 18.7 Å². The maximum atomic E-state index is 11.8. The molecule has 2 heteroatoms. The molecule has 0 radical (unpaired) electrons. The Hall–Kier alpha value is -0.370. The average Bonchev–Trinajstić information content (AvgIpc) is 2.27. The second-order valence-electron chi connectivity index (χ2n) is 5.89. The van der Waals surface area contributed by atoms with Crippen LogP contribution in [0, 0.1) is 11.8 Å². The number of Topliss-reactive ketones (excluding diaryl/α,β-unsaturated/α-hetero) is 1. The van der Waals surface area contributed by atoms with Gasteiger partial charge in [0.1, 0.15) is 5.78 Å². The molecule has 2 nitrogen and oxygen atoms in total. The normalized spacial score (nSPS) is 37.6. The van der Waals surface area contributed by atoms with Crippen molar-refractivity contribution in [1.82, 2.24) is 4.90 Å². The molecule has 2 fully saturated rings. The highest BCUT2D eigenvalue weighted by Gasteiger charge is 2.29. The quantitative estimate of drug-likeness (QED) is 0.717. The van der Waals surface area contributed by atoms with E-state index in [-0.39, 0.29) is 0 Å². The number of carbonyl (C=O) groups is 1. The molecule has 1 aliphatic carbocycles. The van der Waals surface area contributed by atoms with Crippen LogP contribution < -0.4 is 0 Å². The fourth-order valence-electron chi connectivity index (χ4n) is 3.17. The van der Waals surface area contributed by atoms with Gasteiger partial charge in [0.2, 0.25) is 0 Å². The number of hydrogen-bond acceptors (Lipinski definition) is 2. The molecule has 1 saturated heterocycles. The van der Waals surface area contributed by atoms with Crippen molar-refractivity contribution in [3.63, 3.8) is 0 Å². The third-order valence-electron chi connectivity index (χ3n) is 4.38. The Labute approximate surface area is 99.4 Å². The summed E-state index contributed by atoms with van der Waals surface area (Å²) in [7, 11) is 0. The molecular weight excluding hydrogens is 198 g/mol. The Morgan fingerprint density at radius 1 is 1.19 bits per heavy atom. The first-order valence-corrected chi connectivity index (χ1v) is 6.93. The first kappa shape index (κ1) is 12.1. The monoisotopic (exact) mass is 223 g/mol. The van der Waals surface area contributed by atoms with Gasteiger partial charge in [-0.15, -0.1) is 0 Å². The lowest BCUT2D eigenvalue weighted by molar-refractivity contribution is -0.125. The predicted molar refractivity (Wildman–Crippen MR) is 66.4 cm³/mol. The zero-order valence-corrected chi connectivity index (χ0v) is 10.7. The number of rotatable bonds is 2. The minimum Gasteiger partial charge on any atom is -0.300 e. The zero-order valence-electron chi connectivity index (χ0n) is 10.7. The van der Waals surface area contributed by atoms with Crippen molar-refractivity contribution in [2.24, 2.45) is 11.8 Å². The van der Waals surface area contributed by atoms with Gasteiger partial charge in [-0.25, -0.2) is 0 Å². The van der Waals surface area contributed by atoms with Crippen molar-refractivity contribution >= 4 is 5.78 Å². The van der Waals surface area contributed by atoms with E-state index in [1.807, 2.05) is 0 Å². The average molecular weight is 223 g/mol. The second kappa shape index (κ2) is 5.31. The van der Waals surface area contributed by atoms with E-state index >= 15 is 0 Å². The lowest BCUT2D eigenvalue weighted by atomic mass is 9.86. The Morgan fingerprint density at radius 2 is 2.00 bits per heavy atom. The number of nitrogens with zero attached hydrogens (tertiary/aromatic N) is 1. The molecule has 1 aliphatic heterocycles. The fourth-order valence-corrected chi connectivity index (χ4v) is 3.17.